The lowest BCUT2D eigenvalue weighted by atomic mass is 9.84. The number of nitrogens with one attached hydrogen (secondary N) is 2. The van der Waals surface area contributed by atoms with Crippen molar-refractivity contribution < 1.29 is 23.9 Å². The van der Waals surface area contributed by atoms with Gasteiger partial charge in [0, 0.05) is 16.9 Å². The Balaban J connectivity index is 1.49. The van der Waals surface area contributed by atoms with Gasteiger partial charge in [-0.1, -0.05) is 49.6 Å². The third-order valence-corrected chi connectivity index (χ3v) is 7.51. The van der Waals surface area contributed by atoms with Crippen LogP contribution in [-0.2, 0) is 16.1 Å². The van der Waals surface area contributed by atoms with Gasteiger partial charge in [-0.2, -0.15) is 0 Å². The summed E-state index contributed by atoms with van der Waals surface area (Å²) >= 11 is 0. The van der Waals surface area contributed by atoms with Crippen molar-refractivity contribution in [3.63, 3.8) is 0 Å². The largest absolute Gasteiger partial charge is 0.479 e. The zero-order valence-electron chi connectivity index (χ0n) is 23.7. The molecule has 1 aliphatic rings. The van der Waals surface area contributed by atoms with Gasteiger partial charge < -0.3 is 20.6 Å². The van der Waals surface area contributed by atoms with Crippen LogP contribution in [0.5, 0.6) is 0 Å². The predicted molar refractivity (Wildman–Crippen MR) is 159 cm³/mol. The number of hydrogen-bond acceptors (Lipinski definition) is 4. The predicted octanol–water partition coefficient (Wildman–Crippen LogP) is 6.15. The summed E-state index contributed by atoms with van der Waals surface area (Å²) in [5.74, 6) is -1.72. The number of halogens is 1. The Morgan fingerprint density at radius 2 is 1.56 bits per heavy atom. The van der Waals surface area contributed by atoms with Crippen molar-refractivity contribution in [3.8, 4) is 0 Å². The summed E-state index contributed by atoms with van der Waals surface area (Å²) in [4.78, 5) is 38.3. The Bertz CT molecular complexity index is 1330. The van der Waals surface area contributed by atoms with E-state index in [2.05, 4.69) is 28.8 Å². The standard InChI is InChI=1S/C33H38FN3O4/c1-22-16-23(2)18-28(17-22)35-20-31(38)37(29-14-12-26(13-15-29)25-6-4-3-5-7-25)21-24-8-10-27(11-9-24)32(39)36-19-30(34)33(40)41/h8-18,25,30,35H,3-7,19-21H2,1-2H3,(H,36,39)(H,40,41). The average molecular weight is 560 g/mol. The van der Waals surface area contributed by atoms with Gasteiger partial charge in [0.2, 0.25) is 12.1 Å². The lowest BCUT2D eigenvalue weighted by molar-refractivity contribution is -0.142. The molecule has 0 radical (unpaired) electrons. The molecule has 2 amide bonds. The van der Waals surface area contributed by atoms with E-state index in [4.69, 9.17) is 5.11 Å². The van der Waals surface area contributed by atoms with E-state index in [1.54, 1.807) is 29.2 Å². The minimum absolute atomic E-state index is 0.0981. The fourth-order valence-electron chi connectivity index (χ4n) is 5.35. The van der Waals surface area contributed by atoms with Crippen LogP contribution in [0, 0.1) is 13.8 Å². The van der Waals surface area contributed by atoms with Crippen LogP contribution in [0.3, 0.4) is 0 Å². The molecule has 1 fully saturated rings. The highest BCUT2D eigenvalue weighted by Crippen LogP contribution is 2.33. The van der Waals surface area contributed by atoms with Crippen molar-refractivity contribution in [3.05, 3.63) is 94.5 Å². The smallest absolute Gasteiger partial charge is 0.340 e. The van der Waals surface area contributed by atoms with E-state index < -0.39 is 24.6 Å². The molecule has 1 saturated carbocycles. The molecular weight excluding hydrogens is 521 g/mol. The molecule has 4 rings (SSSR count). The number of carbonyl (C=O) groups excluding carboxylic acids is 2. The Morgan fingerprint density at radius 1 is 0.927 bits per heavy atom. The van der Waals surface area contributed by atoms with E-state index in [-0.39, 0.29) is 18.0 Å². The Kier molecular flexibility index (Phi) is 10.1. The molecule has 41 heavy (non-hydrogen) atoms. The number of carbonyl (C=O) groups is 3. The molecule has 1 aliphatic carbocycles. The minimum atomic E-state index is -2.17. The molecule has 0 aliphatic heterocycles. The van der Waals surface area contributed by atoms with Gasteiger partial charge in [0.25, 0.3) is 5.91 Å². The molecule has 3 N–H and O–H groups in total. The summed E-state index contributed by atoms with van der Waals surface area (Å²) in [5, 5.41) is 14.2. The molecule has 8 heteroatoms. The summed E-state index contributed by atoms with van der Waals surface area (Å²) in [6.07, 6.45) is 4.03. The Morgan fingerprint density at radius 3 is 2.17 bits per heavy atom. The van der Waals surface area contributed by atoms with Gasteiger partial charge in [-0.25, -0.2) is 9.18 Å². The Hall–Kier alpha value is -4.20. The van der Waals surface area contributed by atoms with Crippen LogP contribution >= 0.6 is 0 Å². The van der Waals surface area contributed by atoms with Gasteiger partial charge >= 0.3 is 5.97 Å². The van der Waals surface area contributed by atoms with E-state index >= 15 is 0 Å². The van der Waals surface area contributed by atoms with Gasteiger partial charge in [-0.15, -0.1) is 0 Å². The normalized spacial score (nSPS) is 14.2. The number of aliphatic carboxylic acids is 1. The number of carboxylic acids is 1. The molecule has 0 aromatic heterocycles. The van der Waals surface area contributed by atoms with E-state index in [0.29, 0.717) is 12.5 Å². The third kappa shape index (κ3) is 8.39. The van der Waals surface area contributed by atoms with Crippen molar-refractivity contribution in [1.29, 1.82) is 0 Å². The van der Waals surface area contributed by atoms with E-state index in [9.17, 15) is 18.8 Å². The van der Waals surface area contributed by atoms with Crippen molar-refractivity contribution in [2.75, 3.05) is 23.3 Å². The lowest BCUT2D eigenvalue weighted by Crippen LogP contribution is -2.35. The number of alkyl halides is 1. The van der Waals surface area contributed by atoms with Gasteiger partial charge in [0.15, 0.2) is 0 Å². The number of hydrogen-bond donors (Lipinski definition) is 3. The number of rotatable bonds is 11. The van der Waals surface area contributed by atoms with Crippen LogP contribution in [0.2, 0.25) is 0 Å². The Labute approximate surface area is 240 Å². The SMILES string of the molecule is Cc1cc(C)cc(NCC(=O)N(Cc2ccc(C(=O)NCC(F)C(=O)O)cc2)c2ccc(C3CCCCC3)cc2)c1. The van der Waals surface area contributed by atoms with Gasteiger partial charge in [-0.3, -0.25) is 9.59 Å². The number of nitrogens with zero attached hydrogens (tertiary/aromatic N) is 1. The van der Waals surface area contributed by atoms with Gasteiger partial charge in [0.05, 0.1) is 19.6 Å². The first-order valence-corrected chi connectivity index (χ1v) is 14.2. The van der Waals surface area contributed by atoms with E-state index in [1.807, 2.05) is 38.1 Å². The molecule has 0 bridgehead atoms. The second-order valence-electron chi connectivity index (χ2n) is 10.8. The lowest BCUT2D eigenvalue weighted by Gasteiger charge is -2.26. The fraction of sp³-hybridized carbons (Fsp3) is 0.364. The van der Waals surface area contributed by atoms with Crippen LogP contribution in [0.1, 0.15) is 70.6 Å². The topological polar surface area (TPSA) is 98.7 Å². The van der Waals surface area contributed by atoms with E-state index in [0.717, 1.165) is 28.1 Å². The van der Waals surface area contributed by atoms with E-state index in [1.165, 1.54) is 37.7 Å². The average Bonchev–Trinajstić information content (AvgIpc) is 2.97. The first kappa shape index (κ1) is 29.8. The zero-order valence-corrected chi connectivity index (χ0v) is 23.7. The second-order valence-corrected chi connectivity index (χ2v) is 10.8. The van der Waals surface area contributed by atoms with Crippen LogP contribution in [0.25, 0.3) is 0 Å². The number of amides is 2. The molecule has 0 spiro atoms. The highest BCUT2D eigenvalue weighted by molar-refractivity contribution is 5.96. The molecule has 1 unspecified atom stereocenters. The van der Waals surface area contributed by atoms with Crippen molar-refractivity contribution in [2.24, 2.45) is 0 Å². The third-order valence-electron chi connectivity index (χ3n) is 7.51. The number of carboxylic acid groups (broad SMARTS) is 1. The number of anilines is 2. The molecule has 1 atom stereocenters. The van der Waals surface area contributed by atoms with Crippen LogP contribution in [0.4, 0.5) is 15.8 Å². The highest BCUT2D eigenvalue weighted by Gasteiger charge is 2.20. The minimum Gasteiger partial charge on any atom is -0.479 e. The first-order chi connectivity index (χ1) is 19.7. The molecule has 0 saturated heterocycles. The molecule has 0 heterocycles. The molecule has 216 valence electrons. The van der Waals surface area contributed by atoms with Crippen LogP contribution in [0.15, 0.2) is 66.7 Å². The summed E-state index contributed by atoms with van der Waals surface area (Å²) < 4.78 is 13.3. The molecule has 3 aromatic carbocycles. The maximum Gasteiger partial charge on any atom is 0.340 e. The van der Waals surface area contributed by atoms with Crippen LogP contribution in [-0.4, -0.2) is 42.2 Å². The maximum atomic E-state index is 13.6. The van der Waals surface area contributed by atoms with Gasteiger partial charge in [0.1, 0.15) is 0 Å². The fourth-order valence-corrected chi connectivity index (χ4v) is 5.35. The second kappa shape index (κ2) is 13.9. The van der Waals surface area contributed by atoms with Crippen molar-refractivity contribution in [1.82, 2.24) is 5.32 Å². The molecule has 3 aromatic rings. The summed E-state index contributed by atoms with van der Waals surface area (Å²) in [5.41, 5.74) is 6.30. The maximum absolute atomic E-state index is 13.6. The van der Waals surface area contributed by atoms with Gasteiger partial charge in [-0.05, 0) is 91.3 Å². The number of aryl methyl sites for hydroxylation is 2. The molecule has 7 nitrogen and oxygen atoms in total. The first-order valence-electron chi connectivity index (χ1n) is 14.2. The quantitative estimate of drug-likeness (QED) is 0.262. The molecular formula is C33H38FN3O4. The summed E-state index contributed by atoms with van der Waals surface area (Å²) in [7, 11) is 0. The summed E-state index contributed by atoms with van der Waals surface area (Å²) in [6.45, 7) is 3.84. The monoisotopic (exact) mass is 559 g/mol. The number of benzene rings is 3. The van der Waals surface area contributed by atoms with Crippen molar-refractivity contribution in [2.45, 2.75) is 64.6 Å². The van der Waals surface area contributed by atoms with Crippen molar-refractivity contribution >= 4 is 29.2 Å². The van der Waals surface area contributed by atoms with Crippen LogP contribution < -0.4 is 15.5 Å². The zero-order chi connectivity index (χ0) is 29.4. The highest BCUT2D eigenvalue weighted by atomic mass is 19.1. The summed E-state index contributed by atoms with van der Waals surface area (Å²) in [6, 6.07) is 21.0.